The zero-order valence-electron chi connectivity index (χ0n) is 14.2. The van der Waals surface area contributed by atoms with Gasteiger partial charge in [-0.05, 0) is 24.7 Å². The fourth-order valence-corrected chi connectivity index (χ4v) is 2.60. The molecule has 0 aromatic heterocycles. The average Bonchev–Trinajstić information content (AvgIpc) is 2.55. The number of carbonyl (C=O) groups is 1. The molecule has 0 N–H and O–H groups in total. The summed E-state index contributed by atoms with van der Waals surface area (Å²) in [5.41, 5.74) is 1.01. The quantitative estimate of drug-likeness (QED) is 0.620. The van der Waals surface area contributed by atoms with Gasteiger partial charge >= 0.3 is 18.9 Å². The molecule has 0 spiro atoms. The van der Waals surface area contributed by atoms with Crippen molar-refractivity contribution in [3.8, 4) is 5.75 Å². The van der Waals surface area contributed by atoms with Crippen molar-refractivity contribution in [2.45, 2.75) is 12.5 Å². The predicted octanol–water partition coefficient (Wildman–Crippen LogP) is 0.189. The maximum absolute atomic E-state index is 10.7. The molecule has 0 unspecified atom stereocenters. The average molecular weight is 374 g/mol. The first kappa shape index (κ1) is 21.9. The van der Waals surface area contributed by atoms with E-state index in [2.05, 4.69) is 0 Å². The first-order chi connectivity index (χ1) is 11.5. The Morgan fingerprint density at radius 3 is 2.44 bits per heavy atom. The number of ether oxygens (including phenoxy) is 1. The number of hydrogen-bond acceptors (Lipinski definition) is 4. The number of nitrogens with zero attached hydrogens (tertiary/aromatic N) is 1. The van der Waals surface area contributed by atoms with Gasteiger partial charge in [-0.2, -0.15) is 0 Å². The number of benzene rings is 2. The molecule has 0 saturated carbocycles. The van der Waals surface area contributed by atoms with Crippen LogP contribution in [0.4, 0.5) is 0 Å². The maximum atomic E-state index is 10.7. The smallest absolute Gasteiger partial charge is 0.549 e. The van der Waals surface area contributed by atoms with Crippen LogP contribution in [0.5, 0.6) is 5.75 Å². The molecule has 128 valence electrons. The van der Waals surface area contributed by atoms with Gasteiger partial charge in [-0.25, -0.2) is 0 Å². The van der Waals surface area contributed by atoms with Gasteiger partial charge in [-0.1, -0.05) is 53.5 Å². The van der Waals surface area contributed by atoms with Crippen LogP contribution in [0.1, 0.15) is 18.1 Å². The number of aliphatic carboxylic acids is 1. The molecule has 0 heterocycles. The number of carboxylic acid groups (broad SMARTS) is 1. The minimum atomic E-state index is -1.10. The third-order valence-corrected chi connectivity index (χ3v) is 4.25. The molecule has 2 aromatic carbocycles. The summed E-state index contributed by atoms with van der Waals surface area (Å²) < 4.78 is 6.06. The van der Waals surface area contributed by atoms with E-state index in [1.807, 2.05) is 30.3 Å². The molecule has 0 aliphatic heterocycles. The Morgan fingerprint density at radius 1 is 1.16 bits per heavy atom. The number of likely N-dealkylation sites (N-methyl/N-ethyl adjacent to an activating group) is 1. The summed E-state index contributed by atoms with van der Waals surface area (Å²) in [5.74, 6) is -0.486. The first-order valence-electron chi connectivity index (χ1n) is 7.50. The fourth-order valence-electron chi connectivity index (χ4n) is 2.31. The largest absolute Gasteiger partial charge is 1.00 e. The molecule has 0 aliphatic rings. The van der Waals surface area contributed by atoms with Crippen molar-refractivity contribution in [2.75, 3.05) is 20.1 Å². The molecule has 25 heavy (non-hydrogen) atoms. The molecule has 1 atom stereocenters. The standard InChI is InChI=1S/C18H19Cl2NO3.Li/c1-21(12-18(22)23)10-9-17(13-5-3-2-4-6-13)24-14-7-8-15(19)16(20)11-14;/h2-8,11,17H,9-10,12H2,1H3,(H,22,23);/q;+1/p-1/t17-;/m1./s1. The molecule has 0 amide bonds. The molecule has 4 nitrogen and oxygen atoms in total. The normalized spacial score (nSPS) is 11.7. The second-order valence-corrected chi connectivity index (χ2v) is 6.31. The zero-order valence-corrected chi connectivity index (χ0v) is 15.8. The van der Waals surface area contributed by atoms with Crippen LogP contribution in [-0.2, 0) is 4.79 Å². The third kappa shape index (κ3) is 7.31. The van der Waals surface area contributed by atoms with Crippen LogP contribution in [-0.4, -0.2) is 31.0 Å². The van der Waals surface area contributed by atoms with Gasteiger partial charge in [0.05, 0.1) is 16.0 Å². The van der Waals surface area contributed by atoms with E-state index in [4.69, 9.17) is 27.9 Å². The van der Waals surface area contributed by atoms with Crippen molar-refractivity contribution < 1.29 is 33.5 Å². The summed E-state index contributed by atoms with van der Waals surface area (Å²) in [4.78, 5) is 12.4. The Labute approximate surface area is 169 Å². The summed E-state index contributed by atoms with van der Waals surface area (Å²) in [6.07, 6.45) is 0.390. The Hall–Kier alpha value is -1.15. The third-order valence-electron chi connectivity index (χ3n) is 3.51. The minimum Gasteiger partial charge on any atom is -0.549 e. The molecular weight excluding hydrogens is 356 g/mol. The molecule has 0 saturated heterocycles. The van der Waals surface area contributed by atoms with E-state index in [0.29, 0.717) is 28.8 Å². The van der Waals surface area contributed by atoms with Crippen molar-refractivity contribution in [3.05, 3.63) is 64.1 Å². The minimum absolute atomic E-state index is 0. The van der Waals surface area contributed by atoms with E-state index in [1.54, 1.807) is 30.1 Å². The van der Waals surface area contributed by atoms with Gasteiger partial charge in [-0.3, -0.25) is 0 Å². The molecule has 0 aliphatic carbocycles. The topological polar surface area (TPSA) is 52.6 Å². The van der Waals surface area contributed by atoms with Crippen LogP contribution in [0.25, 0.3) is 0 Å². The summed E-state index contributed by atoms with van der Waals surface area (Å²) in [6.45, 7) is 0.434. The van der Waals surface area contributed by atoms with E-state index in [9.17, 15) is 9.90 Å². The van der Waals surface area contributed by atoms with Crippen LogP contribution in [0, 0.1) is 0 Å². The molecule has 7 heteroatoms. The molecule has 0 fully saturated rings. The van der Waals surface area contributed by atoms with Crippen LogP contribution in [0.2, 0.25) is 10.0 Å². The predicted molar refractivity (Wildman–Crippen MR) is 93.4 cm³/mol. The molecule has 2 aromatic rings. The van der Waals surface area contributed by atoms with Crippen LogP contribution >= 0.6 is 23.2 Å². The van der Waals surface area contributed by atoms with Gasteiger partial charge in [0.15, 0.2) is 0 Å². The first-order valence-corrected chi connectivity index (χ1v) is 8.26. The molecule has 0 bridgehead atoms. The van der Waals surface area contributed by atoms with Gasteiger partial charge in [-0.15, -0.1) is 0 Å². The number of rotatable bonds is 8. The van der Waals surface area contributed by atoms with Crippen LogP contribution < -0.4 is 28.7 Å². The molecule has 0 radical (unpaired) electrons. The van der Waals surface area contributed by atoms with Crippen molar-refractivity contribution in [1.29, 1.82) is 0 Å². The van der Waals surface area contributed by atoms with E-state index < -0.39 is 5.97 Å². The number of hydrogen-bond donors (Lipinski definition) is 0. The maximum Gasteiger partial charge on any atom is 1.00 e. The van der Waals surface area contributed by atoms with Crippen molar-refractivity contribution in [1.82, 2.24) is 4.90 Å². The van der Waals surface area contributed by atoms with E-state index in [1.165, 1.54) is 0 Å². The summed E-state index contributed by atoms with van der Waals surface area (Å²) in [7, 11) is 1.73. The Balaban J connectivity index is 0.00000312. The fraction of sp³-hybridized carbons (Fsp3) is 0.278. The van der Waals surface area contributed by atoms with Gasteiger partial charge in [0.2, 0.25) is 0 Å². The van der Waals surface area contributed by atoms with Crippen LogP contribution in [0.15, 0.2) is 48.5 Å². The van der Waals surface area contributed by atoms with Crippen molar-refractivity contribution in [3.63, 3.8) is 0 Å². The van der Waals surface area contributed by atoms with Gasteiger partial charge in [0.1, 0.15) is 11.9 Å². The SMILES string of the molecule is CN(CC[C@@H](Oc1ccc(Cl)c(Cl)c1)c1ccccc1)CC(=O)[O-].[Li+]. The van der Waals surface area contributed by atoms with E-state index in [0.717, 1.165) is 5.56 Å². The Kier molecular flexibility index (Phi) is 9.41. The monoisotopic (exact) mass is 373 g/mol. The number of carbonyl (C=O) groups excluding carboxylic acids is 1. The molecule has 2 rings (SSSR count). The van der Waals surface area contributed by atoms with E-state index >= 15 is 0 Å². The second kappa shape index (κ2) is 10.8. The number of carboxylic acids is 1. The number of halogens is 2. The Morgan fingerprint density at radius 2 is 1.84 bits per heavy atom. The second-order valence-electron chi connectivity index (χ2n) is 5.49. The molecular formula is C18H18Cl2LiNO3. The summed E-state index contributed by atoms with van der Waals surface area (Å²) >= 11 is 12.0. The summed E-state index contributed by atoms with van der Waals surface area (Å²) in [6, 6.07) is 14.9. The van der Waals surface area contributed by atoms with E-state index in [-0.39, 0.29) is 31.5 Å². The van der Waals surface area contributed by atoms with Crippen molar-refractivity contribution >= 4 is 29.2 Å². The Bertz CT molecular complexity index is 685. The van der Waals surface area contributed by atoms with Gasteiger partial charge in [0, 0.05) is 25.6 Å². The van der Waals surface area contributed by atoms with Crippen molar-refractivity contribution in [2.24, 2.45) is 0 Å². The zero-order chi connectivity index (χ0) is 17.5. The van der Waals surface area contributed by atoms with Gasteiger partial charge < -0.3 is 19.5 Å². The van der Waals surface area contributed by atoms with Crippen LogP contribution in [0.3, 0.4) is 0 Å². The van der Waals surface area contributed by atoms with Gasteiger partial charge in [0.25, 0.3) is 0 Å². The summed E-state index contributed by atoms with van der Waals surface area (Å²) in [5, 5.41) is 11.6.